The average molecular weight is 217 g/mol. The Labute approximate surface area is 88.5 Å². The first-order valence-electron chi connectivity index (χ1n) is 4.54. The summed E-state index contributed by atoms with van der Waals surface area (Å²) in [7, 11) is 0. The van der Waals surface area contributed by atoms with E-state index in [-0.39, 0.29) is 17.0 Å². The first-order valence-corrected chi connectivity index (χ1v) is 4.91. The van der Waals surface area contributed by atoms with Crippen LogP contribution in [0.5, 0.6) is 0 Å². The van der Waals surface area contributed by atoms with Gasteiger partial charge in [-0.2, -0.15) is 0 Å². The number of benzene rings is 1. The predicted octanol–water partition coefficient (Wildman–Crippen LogP) is 3.14. The minimum atomic E-state index is -0.407. The summed E-state index contributed by atoms with van der Waals surface area (Å²) in [6.45, 7) is 4.02. The van der Waals surface area contributed by atoms with E-state index in [0.29, 0.717) is 6.42 Å². The van der Waals surface area contributed by atoms with Crippen LogP contribution in [-0.4, -0.2) is 11.7 Å². The highest BCUT2D eigenvalue weighted by Gasteiger charge is 2.20. The van der Waals surface area contributed by atoms with Crippen LogP contribution in [0.4, 0.5) is 4.39 Å². The van der Waals surface area contributed by atoms with Gasteiger partial charge in [0.25, 0.3) is 0 Å². The van der Waals surface area contributed by atoms with Crippen molar-refractivity contribution in [2.45, 2.75) is 25.7 Å². The second-order valence-electron chi connectivity index (χ2n) is 3.99. The number of aliphatic hydroxyl groups is 1. The second-order valence-corrected chi connectivity index (χ2v) is 4.39. The summed E-state index contributed by atoms with van der Waals surface area (Å²) in [5.41, 5.74) is 0.633. The van der Waals surface area contributed by atoms with E-state index in [4.69, 9.17) is 16.7 Å². The van der Waals surface area contributed by atoms with Gasteiger partial charge in [0.2, 0.25) is 0 Å². The Hall–Kier alpha value is -0.600. The maximum absolute atomic E-state index is 13.2. The largest absolute Gasteiger partial charge is 0.396 e. The number of hydrogen-bond donors (Lipinski definition) is 1. The van der Waals surface area contributed by atoms with Gasteiger partial charge >= 0.3 is 0 Å². The van der Waals surface area contributed by atoms with Crippen molar-refractivity contribution in [2.75, 3.05) is 6.61 Å². The van der Waals surface area contributed by atoms with Crippen molar-refractivity contribution < 1.29 is 9.50 Å². The van der Waals surface area contributed by atoms with Gasteiger partial charge in [-0.3, -0.25) is 0 Å². The van der Waals surface area contributed by atoms with Crippen LogP contribution in [0.1, 0.15) is 25.8 Å². The fourth-order valence-electron chi connectivity index (χ4n) is 1.34. The summed E-state index contributed by atoms with van der Waals surface area (Å²) in [5.74, 6) is -0.407. The molecule has 0 atom stereocenters. The van der Waals surface area contributed by atoms with E-state index < -0.39 is 5.82 Å². The molecule has 0 bridgehead atoms. The fourth-order valence-corrected chi connectivity index (χ4v) is 1.46. The van der Waals surface area contributed by atoms with E-state index >= 15 is 0 Å². The maximum atomic E-state index is 13.2. The van der Waals surface area contributed by atoms with Crippen LogP contribution in [0.2, 0.25) is 5.02 Å². The van der Waals surface area contributed by atoms with Crippen molar-refractivity contribution >= 4 is 11.6 Å². The summed E-state index contributed by atoms with van der Waals surface area (Å²) in [6.07, 6.45) is 0.605. The molecule has 0 aromatic heterocycles. The topological polar surface area (TPSA) is 20.2 Å². The summed E-state index contributed by atoms with van der Waals surface area (Å²) < 4.78 is 13.2. The van der Waals surface area contributed by atoms with E-state index in [1.54, 1.807) is 12.1 Å². The van der Waals surface area contributed by atoms with Gasteiger partial charge in [0.1, 0.15) is 5.82 Å². The van der Waals surface area contributed by atoms with E-state index in [0.717, 1.165) is 5.56 Å². The first-order chi connectivity index (χ1) is 6.47. The molecule has 0 aliphatic carbocycles. The lowest BCUT2D eigenvalue weighted by molar-refractivity contribution is 0.252. The van der Waals surface area contributed by atoms with E-state index in [1.807, 2.05) is 13.8 Å². The summed E-state index contributed by atoms with van der Waals surface area (Å²) in [6, 6.07) is 4.77. The molecule has 0 unspecified atom stereocenters. The molecule has 0 fully saturated rings. The Morgan fingerprint density at radius 3 is 2.57 bits per heavy atom. The molecule has 3 heteroatoms. The molecule has 1 N–H and O–H groups in total. The zero-order valence-corrected chi connectivity index (χ0v) is 9.11. The molecule has 1 aromatic carbocycles. The highest BCUT2D eigenvalue weighted by Crippen LogP contribution is 2.29. The standard InChI is InChI=1S/C11H14ClFO/c1-11(2,5-6-14)8-3-4-9(12)10(13)7-8/h3-4,7,14H,5-6H2,1-2H3. The Bertz CT molecular complexity index is 323. The third-order valence-electron chi connectivity index (χ3n) is 2.44. The number of halogens is 2. The zero-order chi connectivity index (χ0) is 10.8. The van der Waals surface area contributed by atoms with Gasteiger partial charge in [0.05, 0.1) is 5.02 Å². The van der Waals surface area contributed by atoms with Gasteiger partial charge in [-0.25, -0.2) is 4.39 Å². The van der Waals surface area contributed by atoms with Crippen LogP contribution >= 0.6 is 11.6 Å². The molecular weight excluding hydrogens is 203 g/mol. The van der Waals surface area contributed by atoms with Gasteiger partial charge in [0.15, 0.2) is 0 Å². The third kappa shape index (κ3) is 2.46. The molecule has 1 nitrogen and oxygen atoms in total. The van der Waals surface area contributed by atoms with E-state index in [9.17, 15) is 4.39 Å². The highest BCUT2D eigenvalue weighted by atomic mass is 35.5. The summed E-state index contributed by atoms with van der Waals surface area (Å²) in [5, 5.41) is 9.00. The lowest BCUT2D eigenvalue weighted by Crippen LogP contribution is -2.18. The SMILES string of the molecule is CC(C)(CCO)c1ccc(Cl)c(F)c1. The van der Waals surface area contributed by atoms with Crippen molar-refractivity contribution in [3.05, 3.63) is 34.6 Å². The molecule has 78 valence electrons. The summed E-state index contributed by atoms with van der Waals surface area (Å²) in [4.78, 5) is 0. The molecule has 0 aliphatic heterocycles. The molecular formula is C11H14ClFO. The van der Waals surface area contributed by atoms with Crippen LogP contribution in [0.25, 0.3) is 0 Å². The maximum Gasteiger partial charge on any atom is 0.142 e. The van der Waals surface area contributed by atoms with Crippen LogP contribution in [0.15, 0.2) is 18.2 Å². The van der Waals surface area contributed by atoms with Crippen LogP contribution < -0.4 is 0 Å². The fraction of sp³-hybridized carbons (Fsp3) is 0.455. The Morgan fingerprint density at radius 2 is 2.07 bits per heavy atom. The normalized spacial score (nSPS) is 11.8. The van der Waals surface area contributed by atoms with Crippen LogP contribution in [0, 0.1) is 5.82 Å². The van der Waals surface area contributed by atoms with Gasteiger partial charge in [-0.15, -0.1) is 0 Å². The molecule has 0 amide bonds. The number of rotatable bonds is 3. The number of aliphatic hydroxyl groups excluding tert-OH is 1. The lowest BCUT2D eigenvalue weighted by atomic mass is 9.82. The quantitative estimate of drug-likeness (QED) is 0.823. The minimum absolute atomic E-state index is 0.0945. The molecule has 0 aliphatic rings. The van der Waals surface area contributed by atoms with Crippen molar-refractivity contribution in [1.29, 1.82) is 0 Å². The molecule has 0 saturated heterocycles. The van der Waals surface area contributed by atoms with Gasteiger partial charge in [-0.05, 0) is 29.5 Å². The highest BCUT2D eigenvalue weighted by molar-refractivity contribution is 6.30. The molecule has 0 radical (unpaired) electrons. The molecule has 0 heterocycles. The van der Waals surface area contributed by atoms with Gasteiger partial charge in [-0.1, -0.05) is 31.5 Å². The lowest BCUT2D eigenvalue weighted by Gasteiger charge is -2.24. The molecule has 14 heavy (non-hydrogen) atoms. The minimum Gasteiger partial charge on any atom is -0.396 e. The average Bonchev–Trinajstić information content (AvgIpc) is 2.09. The van der Waals surface area contributed by atoms with E-state index in [2.05, 4.69) is 0 Å². The second kappa shape index (κ2) is 4.28. The summed E-state index contributed by atoms with van der Waals surface area (Å²) >= 11 is 5.58. The van der Waals surface area contributed by atoms with Crippen molar-refractivity contribution in [2.24, 2.45) is 0 Å². The van der Waals surface area contributed by atoms with Crippen molar-refractivity contribution in [3.8, 4) is 0 Å². The molecule has 0 saturated carbocycles. The van der Waals surface area contributed by atoms with Gasteiger partial charge < -0.3 is 5.11 Å². The Balaban J connectivity index is 3.01. The predicted molar refractivity (Wildman–Crippen MR) is 56.1 cm³/mol. The monoisotopic (exact) mass is 216 g/mol. The third-order valence-corrected chi connectivity index (χ3v) is 2.74. The smallest absolute Gasteiger partial charge is 0.142 e. The Kier molecular flexibility index (Phi) is 3.51. The Morgan fingerprint density at radius 1 is 1.43 bits per heavy atom. The molecule has 1 rings (SSSR count). The van der Waals surface area contributed by atoms with E-state index in [1.165, 1.54) is 6.07 Å². The number of hydrogen-bond acceptors (Lipinski definition) is 1. The molecule has 0 spiro atoms. The van der Waals surface area contributed by atoms with Crippen LogP contribution in [0.3, 0.4) is 0 Å². The molecule has 1 aromatic rings. The first kappa shape index (κ1) is 11.5. The zero-order valence-electron chi connectivity index (χ0n) is 8.35. The van der Waals surface area contributed by atoms with Crippen molar-refractivity contribution in [1.82, 2.24) is 0 Å². The van der Waals surface area contributed by atoms with Crippen molar-refractivity contribution in [3.63, 3.8) is 0 Å². The van der Waals surface area contributed by atoms with Gasteiger partial charge in [0, 0.05) is 6.61 Å². The van der Waals surface area contributed by atoms with Crippen LogP contribution in [-0.2, 0) is 5.41 Å².